The second kappa shape index (κ2) is 5.16. The van der Waals surface area contributed by atoms with Crippen LogP contribution in [-0.4, -0.2) is 20.9 Å². The van der Waals surface area contributed by atoms with Crippen LogP contribution in [0.2, 0.25) is 0 Å². The Morgan fingerprint density at radius 1 is 1.30 bits per heavy atom. The second-order valence-corrected chi connectivity index (χ2v) is 5.80. The summed E-state index contributed by atoms with van der Waals surface area (Å²) in [6, 6.07) is 0. The molecule has 0 fully saturated rings. The Morgan fingerprint density at radius 3 is 2.10 bits per heavy atom. The van der Waals surface area contributed by atoms with Gasteiger partial charge in [-0.25, -0.2) is 0 Å². The topological polar surface area (TPSA) is 9.23 Å². The second-order valence-electron chi connectivity index (χ2n) is 2.50. The molecule has 0 aromatic rings. The summed E-state index contributed by atoms with van der Waals surface area (Å²) in [5.41, 5.74) is 0. The van der Waals surface area contributed by atoms with Crippen molar-refractivity contribution in [1.82, 2.24) is 0 Å². The molecule has 0 spiro atoms. The zero-order valence-electron chi connectivity index (χ0n) is 7.11. The summed E-state index contributed by atoms with van der Waals surface area (Å²) < 4.78 is 5.41. The van der Waals surface area contributed by atoms with Gasteiger partial charge in [-0.2, -0.15) is 0 Å². The summed E-state index contributed by atoms with van der Waals surface area (Å²) in [6.45, 7) is 7.10. The molecule has 0 aromatic heterocycles. The first-order valence-electron chi connectivity index (χ1n) is 3.95. The highest BCUT2D eigenvalue weighted by atomic mass is 35.5. The quantitative estimate of drug-likeness (QED) is 0.464. The third-order valence-corrected chi connectivity index (χ3v) is 4.82. The van der Waals surface area contributed by atoms with E-state index in [9.17, 15) is 0 Å². The van der Waals surface area contributed by atoms with E-state index >= 15 is 0 Å². The predicted octanol–water partition coefficient (Wildman–Crippen LogP) is 1.86. The maximum atomic E-state index is 6.22. The van der Waals surface area contributed by atoms with Gasteiger partial charge >= 0.3 is 0 Å². The van der Waals surface area contributed by atoms with Gasteiger partial charge in [-0.3, -0.25) is 0 Å². The van der Waals surface area contributed by atoms with E-state index in [1.165, 1.54) is 0 Å². The molecule has 1 nitrogen and oxygen atoms in total. The number of rotatable bonds is 5. The van der Waals surface area contributed by atoms with Crippen molar-refractivity contribution in [2.45, 2.75) is 38.1 Å². The van der Waals surface area contributed by atoms with Gasteiger partial charge in [0.2, 0.25) is 0 Å². The van der Waals surface area contributed by atoms with E-state index in [-0.39, 0.29) is 4.50 Å². The Balaban J connectivity index is 3.58. The van der Waals surface area contributed by atoms with Gasteiger partial charge < -0.3 is 4.43 Å². The van der Waals surface area contributed by atoms with Gasteiger partial charge in [0.05, 0.1) is 4.50 Å². The van der Waals surface area contributed by atoms with Gasteiger partial charge in [-0.05, 0) is 19.8 Å². The Bertz CT molecular complexity index is 83.7. The highest BCUT2D eigenvalue weighted by Crippen LogP contribution is 2.21. The molecular weight excluding hydrogens is 164 g/mol. The SMILES string of the molecule is CCO[SiH2]C(Cl)(CC)CC. The molecule has 10 heavy (non-hydrogen) atoms. The number of hydrogen-bond donors (Lipinski definition) is 0. The largest absolute Gasteiger partial charge is 0.423 e. The third kappa shape index (κ3) is 3.59. The molecule has 0 radical (unpaired) electrons. The zero-order chi connectivity index (χ0) is 8.04. The van der Waals surface area contributed by atoms with Gasteiger partial charge in [0, 0.05) is 6.61 Å². The predicted molar refractivity (Wildman–Crippen MR) is 49.3 cm³/mol. The monoisotopic (exact) mass is 180 g/mol. The first-order chi connectivity index (χ1) is 4.68. The smallest absolute Gasteiger partial charge is 0.182 e. The molecule has 0 saturated heterocycles. The van der Waals surface area contributed by atoms with Gasteiger partial charge in [0.15, 0.2) is 9.76 Å². The molecule has 0 aliphatic carbocycles. The van der Waals surface area contributed by atoms with Crippen molar-refractivity contribution in [3.05, 3.63) is 0 Å². The van der Waals surface area contributed by atoms with E-state index in [1.807, 2.05) is 6.92 Å². The number of halogens is 1. The molecular formula is C7H17ClOSi. The van der Waals surface area contributed by atoms with Gasteiger partial charge in [-0.1, -0.05) is 13.8 Å². The van der Waals surface area contributed by atoms with Crippen LogP contribution in [0.5, 0.6) is 0 Å². The third-order valence-electron chi connectivity index (χ3n) is 1.83. The molecule has 0 heterocycles. The minimum Gasteiger partial charge on any atom is -0.423 e. The lowest BCUT2D eigenvalue weighted by atomic mass is 10.2. The lowest BCUT2D eigenvalue weighted by Crippen LogP contribution is -2.29. The molecule has 0 bridgehead atoms. The average Bonchev–Trinajstić information content (AvgIpc) is 2.00. The van der Waals surface area contributed by atoms with Gasteiger partial charge in [0.25, 0.3) is 0 Å². The minimum absolute atomic E-state index is 0.0238. The number of alkyl halides is 1. The Labute approximate surface area is 71.0 Å². The maximum absolute atomic E-state index is 6.22. The first-order valence-corrected chi connectivity index (χ1v) is 5.61. The van der Waals surface area contributed by atoms with Crippen LogP contribution in [0.25, 0.3) is 0 Å². The van der Waals surface area contributed by atoms with Crippen LogP contribution in [-0.2, 0) is 4.43 Å². The van der Waals surface area contributed by atoms with E-state index < -0.39 is 9.76 Å². The Morgan fingerprint density at radius 2 is 1.80 bits per heavy atom. The minimum atomic E-state index is -0.506. The summed E-state index contributed by atoms with van der Waals surface area (Å²) >= 11 is 6.22. The molecule has 0 amide bonds. The summed E-state index contributed by atoms with van der Waals surface area (Å²) in [7, 11) is -0.506. The average molecular weight is 181 g/mol. The summed E-state index contributed by atoms with van der Waals surface area (Å²) in [5, 5.41) is 0. The molecule has 0 aromatic carbocycles. The molecule has 3 heteroatoms. The summed E-state index contributed by atoms with van der Waals surface area (Å²) in [6.07, 6.45) is 2.08. The van der Waals surface area contributed by atoms with Crippen LogP contribution in [0.1, 0.15) is 33.6 Å². The molecule has 0 N–H and O–H groups in total. The molecule has 0 aliphatic rings. The zero-order valence-corrected chi connectivity index (χ0v) is 9.28. The summed E-state index contributed by atoms with van der Waals surface area (Å²) in [4.78, 5) is 0. The highest BCUT2D eigenvalue weighted by molar-refractivity contribution is 6.52. The summed E-state index contributed by atoms with van der Waals surface area (Å²) in [5.74, 6) is 0. The van der Waals surface area contributed by atoms with Gasteiger partial charge in [0.1, 0.15) is 0 Å². The fourth-order valence-corrected chi connectivity index (χ4v) is 1.95. The maximum Gasteiger partial charge on any atom is 0.182 e. The molecule has 0 unspecified atom stereocenters. The van der Waals surface area contributed by atoms with Crippen molar-refractivity contribution in [2.24, 2.45) is 0 Å². The van der Waals surface area contributed by atoms with Crippen molar-refractivity contribution < 1.29 is 4.43 Å². The molecule has 0 aliphatic heterocycles. The van der Waals surface area contributed by atoms with Crippen LogP contribution in [0, 0.1) is 0 Å². The van der Waals surface area contributed by atoms with E-state index in [4.69, 9.17) is 16.0 Å². The fourth-order valence-electron chi connectivity index (χ4n) is 0.739. The van der Waals surface area contributed by atoms with E-state index in [0.29, 0.717) is 0 Å². The van der Waals surface area contributed by atoms with E-state index in [2.05, 4.69) is 13.8 Å². The van der Waals surface area contributed by atoms with Crippen molar-refractivity contribution in [1.29, 1.82) is 0 Å². The van der Waals surface area contributed by atoms with Crippen LogP contribution in [0.15, 0.2) is 0 Å². The van der Waals surface area contributed by atoms with Crippen molar-refractivity contribution >= 4 is 21.4 Å². The van der Waals surface area contributed by atoms with Gasteiger partial charge in [-0.15, -0.1) is 11.6 Å². The molecule has 0 atom stereocenters. The normalized spacial score (nSPS) is 13.2. The van der Waals surface area contributed by atoms with Crippen LogP contribution in [0.3, 0.4) is 0 Å². The highest BCUT2D eigenvalue weighted by Gasteiger charge is 2.23. The molecule has 0 saturated carbocycles. The number of hydrogen-bond acceptors (Lipinski definition) is 1. The lowest BCUT2D eigenvalue weighted by Gasteiger charge is -2.21. The van der Waals surface area contributed by atoms with E-state index in [1.54, 1.807) is 0 Å². The van der Waals surface area contributed by atoms with Crippen LogP contribution in [0.4, 0.5) is 0 Å². The van der Waals surface area contributed by atoms with E-state index in [0.717, 1.165) is 19.4 Å². The first kappa shape index (κ1) is 10.5. The van der Waals surface area contributed by atoms with Crippen LogP contribution >= 0.6 is 11.6 Å². The molecule has 62 valence electrons. The van der Waals surface area contributed by atoms with Crippen molar-refractivity contribution in [3.8, 4) is 0 Å². The van der Waals surface area contributed by atoms with Crippen molar-refractivity contribution in [2.75, 3.05) is 6.61 Å². The van der Waals surface area contributed by atoms with Crippen LogP contribution < -0.4 is 0 Å². The standard InChI is InChI=1S/C7H17ClOSi/c1-4-7(8,5-2)10-9-6-3/h4-6,10H2,1-3H3. The lowest BCUT2D eigenvalue weighted by molar-refractivity contribution is 0.346. The Hall–Kier alpha value is 0.467. The Kier molecular flexibility index (Phi) is 5.40. The fraction of sp³-hybridized carbons (Fsp3) is 1.00. The van der Waals surface area contributed by atoms with Crippen molar-refractivity contribution in [3.63, 3.8) is 0 Å². The molecule has 0 rings (SSSR count).